The van der Waals surface area contributed by atoms with Gasteiger partial charge < -0.3 is 14.4 Å². The van der Waals surface area contributed by atoms with Crippen molar-refractivity contribution >= 4 is 27.4 Å². The van der Waals surface area contributed by atoms with Gasteiger partial charge >= 0.3 is 0 Å². The fourth-order valence-corrected chi connectivity index (χ4v) is 5.76. The average molecular weight is 374 g/mol. The van der Waals surface area contributed by atoms with E-state index in [2.05, 4.69) is 9.88 Å². The van der Waals surface area contributed by atoms with E-state index in [9.17, 15) is 0 Å². The van der Waals surface area contributed by atoms with Crippen molar-refractivity contribution in [3.8, 4) is 0 Å². The van der Waals surface area contributed by atoms with E-state index >= 15 is 0 Å². The van der Waals surface area contributed by atoms with Crippen LogP contribution in [0.2, 0.25) is 0 Å². The molecule has 3 aliphatic rings. The van der Waals surface area contributed by atoms with E-state index in [4.69, 9.17) is 14.5 Å². The summed E-state index contributed by atoms with van der Waals surface area (Å²) >= 11 is 1.89. The molecule has 140 valence electrons. The monoisotopic (exact) mass is 373 g/mol. The Labute approximate surface area is 158 Å². The molecular weight excluding hydrogens is 346 g/mol. The number of aryl methyl sites for hydroxylation is 2. The maximum Gasteiger partial charge on any atom is 0.141 e. The van der Waals surface area contributed by atoms with Crippen LogP contribution in [0.3, 0.4) is 0 Å². The molecule has 0 aromatic carbocycles. The van der Waals surface area contributed by atoms with Crippen LogP contribution in [0, 0.1) is 5.92 Å². The van der Waals surface area contributed by atoms with Crippen LogP contribution in [0.4, 0.5) is 5.82 Å². The van der Waals surface area contributed by atoms with Crippen LogP contribution in [-0.2, 0) is 22.3 Å². The van der Waals surface area contributed by atoms with Gasteiger partial charge in [0.2, 0.25) is 0 Å². The van der Waals surface area contributed by atoms with Crippen LogP contribution in [0.15, 0.2) is 6.33 Å². The first-order valence-electron chi connectivity index (χ1n) is 10.1. The number of hydrogen-bond donors (Lipinski definition) is 0. The lowest BCUT2D eigenvalue weighted by atomic mass is 9.96. The topological polar surface area (TPSA) is 47.5 Å². The molecule has 2 fully saturated rings. The van der Waals surface area contributed by atoms with Crippen molar-refractivity contribution in [3.63, 3.8) is 0 Å². The smallest absolute Gasteiger partial charge is 0.141 e. The van der Waals surface area contributed by atoms with Gasteiger partial charge in [-0.05, 0) is 50.5 Å². The quantitative estimate of drug-likeness (QED) is 0.820. The Balaban J connectivity index is 1.28. The minimum atomic E-state index is 0.389. The maximum atomic E-state index is 6.18. The molecule has 0 radical (unpaired) electrons. The van der Waals surface area contributed by atoms with Gasteiger partial charge in [-0.25, -0.2) is 9.97 Å². The summed E-state index contributed by atoms with van der Waals surface area (Å²) in [5.74, 6) is 1.77. The van der Waals surface area contributed by atoms with Crippen LogP contribution < -0.4 is 4.90 Å². The Kier molecular flexibility index (Phi) is 4.82. The number of hydrogen-bond acceptors (Lipinski definition) is 6. The number of thiophene rings is 1. The Morgan fingerprint density at radius 3 is 2.88 bits per heavy atom. The summed E-state index contributed by atoms with van der Waals surface area (Å²) in [7, 11) is 0. The molecule has 1 unspecified atom stereocenters. The van der Waals surface area contributed by atoms with Gasteiger partial charge in [-0.15, -0.1) is 11.3 Å². The fourth-order valence-electron chi connectivity index (χ4n) is 4.53. The summed E-state index contributed by atoms with van der Waals surface area (Å²) in [4.78, 5) is 14.5. The molecule has 5 nitrogen and oxygen atoms in total. The minimum Gasteiger partial charge on any atom is -0.381 e. The number of piperidine rings is 1. The average Bonchev–Trinajstić information content (AvgIpc) is 3.34. The number of ether oxygens (including phenoxy) is 2. The normalized spacial score (nSPS) is 24.3. The predicted molar refractivity (Wildman–Crippen MR) is 104 cm³/mol. The molecule has 1 atom stereocenters. The van der Waals surface area contributed by atoms with Gasteiger partial charge in [-0.1, -0.05) is 0 Å². The van der Waals surface area contributed by atoms with Gasteiger partial charge in [-0.2, -0.15) is 0 Å². The third-order valence-corrected chi connectivity index (χ3v) is 7.26. The van der Waals surface area contributed by atoms with Crippen LogP contribution >= 0.6 is 11.3 Å². The molecule has 2 aromatic heterocycles. The van der Waals surface area contributed by atoms with E-state index in [1.54, 1.807) is 11.2 Å². The molecule has 0 N–H and O–H groups in total. The second-order valence-corrected chi connectivity index (χ2v) is 8.92. The van der Waals surface area contributed by atoms with Crippen LogP contribution in [0.25, 0.3) is 10.2 Å². The van der Waals surface area contributed by atoms with Gasteiger partial charge in [0.15, 0.2) is 0 Å². The zero-order chi connectivity index (χ0) is 17.3. The van der Waals surface area contributed by atoms with Crippen molar-refractivity contribution in [1.82, 2.24) is 9.97 Å². The highest BCUT2D eigenvalue weighted by Crippen LogP contribution is 2.39. The number of fused-ring (bicyclic) bond motifs is 3. The minimum absolute atomic E-state index is 0.389. The lowest BCUT2D eigenvalue weighted by Gasteiger charge is -2.33. The SMILES string of the molecule is c1nc(N2CCC(OCC3CCOC3)CC2)c2c3c(sc2n1)CCCC3. The van der Waals surface area contributed by atoms with Gasteiger partial charge in [0.25, 0.3) is 0 Å². The van der Waals surface area contributed by atoms with Crippen molar-refractivity contribution in [2.24, 2.45) is 5.92 Å². The molecule has 0 spiro atoms. The van der Waals surface area contributed by atoms with Gasteiger partial charge in [0.1, 0.15) is 17.0 Å². The lowest BCUT2D eigenvalue weighted by molar-refractivity contribution is 0.0131. The maximum absolute atomic E-state index is 6.18. The van der Waals surface area contributed by atoms with Gasteiger partial charge in [0, 0.05) is 30.5 Å². The molecule has 0 bridgehead atoms. The highest BCUT2D eigenvalue weighted by atomic mass is 32.1. The second-order valence-electron chi connectivity index (χ2n) is 7.84. The number of rotatable bonds is 4. The fraction of sp³-hybridized carbons (Fsp3) is 0.700. The van der Waals surface area contributed by atoms with Crippen LogP contribution in [-0.4, -0.2) is 49.0 Å². The summed E-state index contributed by atoms with van der Waals surface area (Å²) in [6, 6.07) is 0. The number of nitrogens with zero attached hydrogens (tertiary/aromatic N) is 3. The zero-order valence-electron chi connectivity index (χ0n) is 15.3. The molecule has 4 heterocycles. The largest absolute Gasteiger partial charge is 0.381 e. The van der Waals surface area contributed by atoms with Gasteiger partial charge in [-0.3, -0.25) is 0 Å². The molecule has 0 amide bonds. The van der Waals surface area contributed by atoms with E-state index in [-0.39, 0.29) is 0 Å². The van der Waals surface area contributed by atoms with E-state index in [1.807, 2.05) is 11.3 Å². The third-order valence-electron chi connectivity index (χ3n) is 6.06. The summed E-state index contributed by atoms with van der Waals surface area (Å²) in [6.07, 6.45) is 10.5. The standard InChI is InChI=1S/C20H27N3O2S/c1-2-4-17-16(3-1)18-19(21-13-22-20(18)26-17)23-8-5-15(6-9-23)25-12-14-7-10-24-11-14/h13-15H,1-12H2. The molecule has 1 aliphatic carbocycles. The van der Waals surface area contributed by atoms with Crippen molar-refractivity contribution in [2.75, 3.05) is 37.8 Å². The van der Waals surface area contributed by atoms with E-state index in [0.29, 0.717) is 12.0 Å². The molecule has 2 aliphatic heterocycles. The Morgan fingerprint density at radius 2 is 2.04 bits per heavy atom. The highest BCUT2D eigenvalue weighted by molar-refractivity contribution is 7.19. The van der Waals surface area contributed by atoms with Crippen molar-refractivity contribution in [2.45, 2.75) is 51.0 Å². The van der Waals surface area contributed by atoms with Crippen molar-refractivity contribution in [3.05, 3.63) is 16.8 Å². The summed E-state index contributed by atoms with van der Waals surface area (Å²) in [5, 5.41) is 1.34. The van der Waals surface area contributed by atoms with E-state index < -0.39 is 0 Å². The molecule has 0 saturated carbocycles. The second kappa shape index (κ2) is 7.41. The van der Waals surface area contributed by atoms with Crippen molar-refractivity contribution in [1.29, 1.82) is 0 Å². The first kappa shape index (κ1) is 16.9. The molecule has 5 rings (SSSR count). The van der Waals surface area contributed by atoms with Gasteiger partial charge in [0.05, 0.1) is 24.7 Å². The molecule has 2 aromatic rings. The number of anilines is 1. The van der Waals surface area contributed by atoms with E-state index in [0.717, 1.165) is 58.0 Å². The molecule has 6 heteroatoms. The van der Waals surface area contributed by atoms with Crippen LogP contribution in [0.5, 0.6) is 0 Å². The molecule has 26 heavy (non-hydrogen) atoms. The third kappa shape index (κ3) is 3.23. The first-order chi connectivity index (χ1) is 12.9. The highest BCUT2D eigenvalue weighted by Gasteiger charge is 2.27. The summed E-state index contributed by atoms with van der Waals surface area (Å²) in [5.41, 5.74) is 1.53. The number of aromatic nitrogens is 2. The Bertz CT molecular complexity index is 764. The van der Waals surface area contributed by atoms with Crippen LogP contribution in [0.1, 0.15) is 42.5 Å². The molecule has 2 saturated heterocycles. The Hall–Kier alpha value is -1.24. The summed E-state index contributed by atoms with van der Waals surface area (Å²) in [6.45, 7) is 4.70. The zero-order valence-corrected chi connectivity index (χ0v) is 16.1. The van der Waals surface area contributed by atoms with Crippen molar-refractivity contribution < 1.29 is 9.47 Å². The summed E-state index contributed by atoms with van der Waals surface area (Å²) < 4.78 is 11.6. The predicted octanol–water partition coefficient (Wildman–Crippen LogP) is 3.59. The van der Waals surface area contributed by atoms with E-state index in [1.165, 1.54) is 41.5 Å². The first-order valence-corrected chi connectivity index (χ1v) is 10.9. The lowest BCUT2D eigenvalue weighted by Crippen LogP contribution is -2.38. The Morgan fingerprint density at radius 1 is 1.15 bits per heavy atom. The molecular formula is C20H27N3O2S.